The lowest BCUT2D eigenvalue weighted by atomic mass is 10.2. The maximum atomic E-state index is 11.7. The van der Waals surface area contributed by atoms with Crippen LogP contribution >= 0.6 is 23.2 Å². The Kier molecular flexibility index (Phi) is 7.14. The molecule has 0 radical (unpaired) electrons. The monoisotopic (exact) mass is 333 g/mol. The number of nitrogens with one attached hydrogen (secondary N) is 1. The van der Waals surface area contributed by atoms with E-state index in [-0.39, 0.29) is 24.8 Å². The minimum Gasteiger partial charge on any atom is -0.473 e. The van der Waals surface area contributed by atoms with Crippen LogP contribution in [0.25, 0.3) is 0 Å². The number of hydrogen-bond donors (Lipinski definition) is 3. The van der Waals surface area contributed by atoms with Gasteiger partial charge in [-0.3, -0.25) is 5.84 Å². The van der Waals surface area contributed by atoms with Gasteiger partial charge in [-0.05, 0) is 24.1 Å². The van der Waals surface area contributed by atoms with E-state index in [1.54, 1.807) is 18.2 Å². The number of carbonyl (C=O) groups excluding carboxylic acids is 1. The van der Waals surface area contributed by atoms with Crippen molar-refractivity contribution in [1.82, 2.24) is 5.43 Å². The van der Waals surface area contributed by atoms with Crippen LogP contribution in [0.4, 0.5) is 0 Å². The van der Waals surface area contributed by atoms with Gasteiger partial charge in [0.25, 0.3) is 0 Å². The first kappa shape index (κ1) is 17.4. The van der Waals surface area contributed by atoms with Gasteiger partial charge in [-0.25, -0.2) is 4.79 Å². The quantitative estimate of drug-likeness (QED) is 0.232. The molecule has 0 saturated heterocycles. The van der Waals surface area contributed by atoms with Gasteiger partial charge in [-0.2, -0.15) is 0 Å². The van der Waals surface area contributed by atoms with E-state index < -0.39 is 5.97 Å². The molecular weight excluding hydrogens is 317 g/mol. The molecule has 116 valence electrons. The van der Waals surface area contributed by atoms with Gasteiger partial charge >= 0.3 is 5.97 Å². The van der Waals surface area contributed by atoms with Crippen LogP contribution in [-0.2, 0) is 20.9 Å². The Morgan fingerprint density at radius 2 is 2.00 bits per heavy atom. The van der Waals surface area contributed by atoms with Gasteiger partial charge in [-0.1, -0.05) is 36.2 Å². The minimum atomic E-state index is -0.675. The highest BCUT2D eigenvalue weighted by Gasteiger charge is 2.15. The zero-order chi connectivity index (χ0) is 15.8. The van der Waals surface area contributed by atoms with Gasteiger partial charge in [0.1, 0.15) is 6.61 Å². The molecular formula is C13H17Cl2N3O3. The highest BCUT2D eigenvalue weighted by molar-refractivity contribution is 6.42. The van der Waals surface area contributed by atoms with Crippen molar-refractivity contribution in [2.24, 2.45) is 11.6 Å². The van der Waals surface area contributed by atoms with Crippen molar-refractivity contribution in [3.8, 4) is 0 Å². The maximum Gasteiger partial charge on any atom is 0.361 e. The zero-order valence-electron chi connectivity index (χ0n) is 11.5. The molecule has 1 aromatic carbocycles. The molecule has 0 bridgehead atoms. The fourth-order valence-corrected chi connectivity index (χ4v) is 1.68. The van der Waals surface area contributed by atoms with Crippen LogP contribution in [0, 0.1) is 0 Å². The first-order valence-electron chi connectivity index (χ1n) is 6.19. The summed E-state index contributed by atoms with van der Waals surface area (Å²) in [5, 5.41) is 0.844. The molecule has 0 aliphatic carbocycles. The highest BCUT2D eigenvalue weighted by Crippen LogP contribution is 2.23. The summed E-state index contributed by atoms with van der Waals surface area (Å²) in [6.45, 7) is 2.25. The lowest BCUT2D eigenvalue weighted by molar-refractivity contribution is -0.139. The first-order chi connectivity index (χ1) is 9.99. The van der Waals surface area contributed by atoms with E-state index >= 15 is 0 Å². The van der Waals surface area contributed by atoms with Crippen LogP contribution in [0.5, 0.6) is 0 Å². The summed E-state index contributed by atoms with van der Waals surface area (Å²) in [6, 6.07) is 5.01. The van der Waals surface area contributed by atoms with Crippen molar-refractivity contribution in [3.63, 3.8) is 0 Å². The topological polar surface area (TPSA) is 99.6 Å². The normalized spacial score (nSPS) is 11.6. The van der Waals surface area contributed by atoms with E-state index in [0.29, 0.717) is 16.5 Å². The lowest BCUT2D eigenvalue weighted by Crippen LogP contribution is -2.32. The predicted octanol–water partition coefficient (Wildman–Crippen LogP) is 2.05. The summed E-state index contributed by atoms with van der Waals surface area (Å²) >= 11 is 11.7. The van der Waals surface area contributed by atoms with E-state index in [1.165, 1.54) is 0 Å². The second-order valence-electron chi connectivity index (χ2n) is 4.06. The van der Waals surface area contributed by atoms with Crippen molar-refractivity contribution in [1.29, 1.82) is 0 Å². The van der Waals surface area contributed by atoms with Crippen LogP contribution < -0.4 is 17.0 Å². The molecule has 1 rings (SSSR count). The van der Waals surface area contributed by atoms with Crippen LogP contribution in [0.3, 0.4) is 0 Å². The summed E-state index contributed by atoms with van der Waals surface area (Å²) < 4.78 is 10.2. The summed E-state index contributed by atoms with van der Waals surface area (Å²) in [4.78, 5) is 11.7. The molecule has 0 aliphatic rings. The Hall–Kier alpha value is -1.63. The lowest BCUT2D eigenvalue weighted by Gasteiger charge is -2.12. The molecule has 0 unspecified atom stereocenters. The number of ether oxygens (including phenoxy) is 2. The molecule has 0 atom stereocenters. The van der Waals surface area contributed by atoms with Crippen LogP contribution in [0.1, 0.15) is 18.9 Å². The molecule has 1 aromatic rings. The summed E-state index contributed by atoms with van der Waals surface area (Å²) in [7, 11) is 0. The van der Waals surface area contributed by atoms with E-state index in [1.807, 2.05) is 6.92 Å². The molecule has 5 N–H and O–H groups in total. The Morgan fingerprint density at radius 3 is 2.57 bits per heavy atom. The number of halogens is 2. The molecule has 6 nitrogen and oxygen atoms in total. The third kappa shape index (κ3) is 5.34. The largest absolute Gasteiger partial charge is 0.473 e. The second-order valence-corrected chi connectivity index (χ2v) is 4.87. The average molecular weight is 334 g/mol. The van der Waals surface area contributed by atoms with Gasteiger partial charge in [0.2, 0.25) is 5.88 Å². The van der Waals surface area contributed by atoms with Gasteiger partial charge in [0.15, 0.2) is 5.70 Å². The molecule has 0 aliphatic heterocycles. The van der Waals surface area contributed by atoms with Crippen LogP contribution in [0.2, 0.25) is 10.0 Å². The number of hydrazine groups is 1. The van der Waals surface area contributed by atoms with Crippen molar-refractivity contribution in [2.45, 2.75) is 20.0 Å². The highest BCUT2D eigenvalue weighted by atomic mass is 35.5. The molecule has 0 heterocycles. The Labute approximate surface area is 132 Å². The molecule has 21 heavy (non-hydrogen) atoms. The number of rotatable bonds is 7. The fraction of sp³-hybridized carbons (Fsp3) is 0.308. The number of nitrogens with two attached hydrogens (primary N) is 2. The van der Waals surface area contributed by atoms with Crippen LogP contribution in [0.15, 0.2) is 29.8 Å². The van der Waals surface area contributed by atoms with Gasteiger partial charge < -0.3 is 20.6 Å². The van der Waals surface area contributed by atoms with E-state index in [4.69, 9.17) is 44.3 Å². The number of esters is 1. The third-order valence-electron chi connectivity index (χ3n) is 2.41. The third-order valence-corrected chi connectivity index (χ3v) is 3.15. The Bertz CT molecular complexity index is 535. The predicted molar refractivity (Wildman–Crippen MR) is 81.0 cm³/mol. The summed E-state index contributed by atoms with van der Waals surface area (Å²) in [6.07, 6.45) is 0.688. The maximum absolute atomic E-state index is 11.7. The molecule has 0 aromatic heterocycles. The number of carbonyl (C=O) groups is 1. The average Bonchev–Trinajstić information content (AvgIpc) is 2.47. The Balaban J connectivity index is 2.71. The summed E-state index contributed by atoms with van der Waals surface area (Å²) in [5.74, 6) is 4.41. The van der Waals surface area contributed by atoms with Crippen molar-refractivity contribution >= 4 is 29.2 Å². The van der Waals surface area contributed by atoms with E-state index in [0.717, 1.165) is 5.56 Å². The van der Waals surface area contributed by atoms with Crippen molar-refractivity contribution in [3.05, 3.63) is 45.4 Å². The molecule has 0 fully saturated rings. The first-order valence-corrected chi connectivity index (χ1v) is 6.95. The van der Waals surface area contributed by atoms with E-state index in [9.17, 15) is 4.79 Å². The van der Waals surface area contributed by atoms with Crippen LogP contribution in [-0.4, -0.2) is 12.6 Å². The standard InChI is InChI=1S/C13H17Cl2N3O3/c1-2-5-20-13(19)11(18-17)12(16)21-7-8-3-4-9(14)10(15)6-8/h3-4,6,18H,2,5,7,16-17H2,1H3/b12-11+. The van der Waals surface area contributed by atoms with Gasteiger partial charge in [0, 0.05) is 0 Å². The number of hydrogen-bond acceptors (Lipinski definition) is 6. The fourth-order valence-electron chi connectivity index (χ4n) is 1.36. The number of benzene rings is 1. The van der Waals surface area contributed by atoms with E-state index in [2.05, 4.69) is 5.43 Å². The Morgan fingerprint density at radius 1 is 1.29 bits per heavy atom. The van der Waals surface area contributed by atoms with Crippen molar-refractivity contribution < 1.29 is 14.3 Å². The smallest absolute Gasteiger partial charge is 0.361 e. The van der Waals surface area contributed by atoms with Gasteiger partial charge in [0.05, 0.1) is 16.7 Å². The molecule has 8 heteroatoms. The van der Waals surface area contributed by atoms with Crippen molar-refractivity contribution in [2.75, 3.05) is 6.61 Å². The molecule has 0 spiro atoms. The minimum absolute atomic E-state index is 0.106. The van der Waals surface area contributed by atoms with Gasteiger partial charge in [-0.15, -0.1) is 0 Å². The second kappa shape index (κ2) is 8.61. The molecule has 0 amide bonds. The molecule has 0 saturated carbocycles. The zero-order valence-corrected chi connectivity index (χ0v) is 13.0. The SMILES string of the molecule is CCCOC(=O)/C(NN)=C(/N)OCc1ccc(Cl)c(Cl)c1. The summed E-state index contributed by atoms with van der Waals surface area (Å²) in [5.41, 5.74) is 8.45.